The molecule has 5 aliphatic rings. The topological polar surface area (TPSA) is 0 Å². The van der Waals surface area contributed by atoms with Gasteiger partial charge in [0.05, 0.1) is 0 Å². The first-order chi connectivity index (χ1) is 48.8. The monoisotopic (exact) mass is 1490 g/mol. The predicted molar refractivity (Wildman–Crippen MR) is 505 cm³/mol. The molecule has 0 spiro atoms. The lowest BCUT2D eigenvalue weighted by Gasteiger charge is -2.31. The fraction of sp³-hybridized carbons (Fsp3) is 1.00. The lowest BCUT2D eigenvalue weighted by atomic mass is 9.74. The van der Waals surface area contributed by atoms with Gasteiger partial charge >= 0.3 is 0 Å². The van der Waals surface area contributed by atoms with Crippen LogP contribution in [0.2, 0.25) is 0 Å². The standard InChI is InChI=1S/C10H20.C8H16.2C7H14.7C7H16.C6H12.3C6H14/c1-8-9(2,3)6-7-10(8,4)5;1-6-4-7(2)8(3)5-6;1-6(2)7-4-3-5-7;1-7-5-3-2-4-6-7;2*1-5-6-7(2,3)4;2*1-4-5-6-7(2)3;1-4-6-7(3)5-2;1-4-7(5-2)6-3;1-3-5-7-6-4-2;1-2-3-6-4-5-6;2*1-4-5-6(2)3;1-4-6(3)5-2/h8H,6-7H2,1-5H3;6-8H,4-5H2,1-3H3;6-7H,3-5H2,1-2H3;7H,2-6H2,1H3;2*5-6H2,1-4H3;4*7H,4-6H2,1-3H3;3-7H2,1-2H3;6H,2-5H2,1H3;3*6H,4-5H2,1-3H3/t;;;;;;;;7-;;;;;;/m........1....../s1. The average Bonchev–Trinajstić information content (AvgIpc) is 1.65. The van der Waals surface area contributed by atoms with E-state index in [-0.39, 0.29) is 0 Å². The van der Waals surface area contributed by atoms with E-state index in [2.05, 4.69) is 298 Å². The Hall–Kier alpha value is 0. The average molecular weight is 1490 g/mol. The largest absolute Gasteiger partial charge is 0.0654 e. The minimum absolute atomic E-state index is 0.550. The highest BCUT2D eigenvalue weighted by Gasteiger charge is 2.43. The third kappa shape index (κ3) is 117. The summed E-state index contributed by atoms with van der Waals surface area (Å²) >= 11 is 0. The summed E-state index contributed by atoms with van der Waals surface area (Å²) in [6.45, 7) is 98.3. The zero-order valence-electron chi connectivity index (χ0n) is 84.1. The number of hydrogen-bond donors (Lipinski definition) is 0. The van der Waals surface area contributed by atoms with E-state index < -0.39 is 0 Å². The minimum atomic E-state index is 0.550. The molecule has 0 nitrogen and oxygen atoms in total. The predicted octanol–water partition coefficient (Wildman–Crippen LogP) is 40.7. The second-order valence-electron chi connectivity index (χ2n) is 41.1. The van der Waals surface area contributed by atoms with Gasteiger partial charge in [0.25, 0.3) is 0 Å². The van der Waals surface area contributed by atoms with Gasteiger partial charge in [0.15, 0.2) is 0 Å². The molecule has 0 saturated heterocycles. The zero-order valence-corrected chi connectivity index (χ0v) is 84.1. The molecule has 0 amide bonds. The molecule has 105 heavy (non-hydrogen) atoms. The van der Waals surface area contributed by atoms with Gasteiger partial charge in [-0.1, -0.05) is 535 Å². The van der Waals surface area contributed by atoms with Crippen molar-refractivity contribution in [2.24, 2.45) is 110 Å². The molecule has 5 fully saturated rings. The van der Waals surface area contributed by atoms with Crippen LogP contribution in [-0.2, 0) is 0 Å². The van der Waals surface area contributed by atoms with Crippen molar-refractivity contribution in [3.05, 3.63) is 0 Å². The van der Waals surface area contributed by atoms with Crippen molar-refractivity contribution in [2.75, 3.05) is 0 Å². The molecular formula is C105H230. The molecule has 0 bridgehead atoms. The molecule has 5 aliphatic carbocycles. The number of rotatable bonds is 27. The molecule has 650 valence electrons. The maximum Gasteiger partial charge on any atom is -0.0323 e. The van der Waals surface area contributed by atoms with E-state index in [9.17, 15) is 0 Å². The van der Waals surface area contributed by atoms with Gasteiger partial charge in [-0.3, -0.25) is 0 Å². The van der Waals surface area contributed by atoms with Crippen molar-refractivity contribution in [1.82, 2.24) is 0 Å². The Balaban J connectivity index is -0.000000115. The van der Waals surface area contributed by atoms with E-state index in [0.29, 0.717) is 21.7 Å². The molecule has 2 unspecified atom stereocenters. The van der Waals surface area contributed by atoms with Gasteiger partial charge < -0.3 is 0 Å². The molecule has 0 aromatic rings. The van der Waals surface area contributed by atoms with Crippen molar-refractivity contribution < 1.29 is 0 Å². The van der Waals surface area contributed by atoms with Crippen LogP contribution < -0.4 is 0 Å². The normalized spacial score (nSPS) is 17.9. The third-order valence-corrected chi connectivity index (χ3v) is 23.5. The number of hydrogen-bond acceptors (Lipinski definition) is 0. The highest BCUT2D eigenvalue weighted by molar-refractivity contribution is 4.93. The first kappa shape index (κ1) is 126. The van der Waals surface area contributed by atoms with E-state index in [1.54, 1.807) is 0 Å². The van der Waals surface area contributed by atoms with Gasteiger partial charge in [0.2, 0.25) is 0 Å². The molecule has 5 saturated carbocycles. The fourth-order valence-corrected chi connectivity index (χ4v) is 13.6. The summed E-state index contributed by atoms with van der Waals surface area (Å²) in [6, 6.07) is 0. The Bertz CT molecular complexity index is 1380. The molecule has 3 atom stereocenters. The molecule has 0 radical (unpaired) electrons. The third-order valence-electron chi connectivity index (χ3n) is 23.5. The maximum absolute atomic E-state index is 2.40. The summed E-state index contributed by atoms with van der Waals surface area (Å²) in [5, 5.41) is 0. The summed E-state index contributed by atoms with van der Waals surface area (Å²) in [7, 11) is 0. The van der Waals surface area contributed by atoms with Crippen LogP contribution in [0.3, 0.4) is 0 Å². The molecule has 5 rings (SSSR count). The molecule has 0 heteroatoms. The van der Waals surface area contributed by atoms with Gasteiger partial charge in [-0.25, -0.2) is 0 Å². The van der Waals surface area contributed by atoms with Gasteiger partial charge in [0.1, 0.15) is 0 Å². The Morgan fingerprint density at radius 2 is 0.648 bits per heavy atom. The van der Waals surface area contributed by atoms with Crippen LogP contribution in [-0.4, -0.2) is 0 Å². The Labute approximate surface area is 680 Å². The van der Waals surface area contributed by atoms with Gasteiger partial charge in [-0.2, -0.15) is 0 Å². The van der Waals surface area contributed by atoms with Crippen LogP contribution in [0.1, 0.15) is 574 Å². The molecular weight excluding hydrogens is 1260 g/mol. The lowest BCUT2D eigenvalue weighted by Crippen LogP contribution is -2.24. The molecule has 0 heterocycles. The lowest BCUT2D eigenvalue weighted by molar-refractivity contribution is 0.179. The zero-order chi connectivity index (χ0) is 84.1. The first-order valence-corrected chi connectivity index (χ1v) is 48.8. The summed E-state index contributed by atoms with van der Waals surface area (Å²) in [5.74, 6) is 14.5. The second kappa shape index (κ2) is 88.0. The van der Waals surface area contributed by atoms with Crippen molar-refractivity contribution in [2.45, 2.75) is 574 Å². The molecule has 0 aliphatic heterocycles. The van der Waals surface area contributed by atoms with Gasteiger partial charge in [-0.15, -0.1) is 0 Å². The smallest absolute Gasteiger partial charge is 0.0323 e. The number of unbranched alkanes of at least 4 members (excludes halogenated alkanes) is 6. The van der Waals surface area contributed by atoms with Crippen LogP contribution in [0, 0.1) is 110 Å². The van der Waals surface area contributed by atoms with Crippen LogP contribution in [0.15, 0.2) is 0 Å². The molecule has 0 aromatic heterocycles. The highest BCUT2D eigenvalue weighted by Crippen LogP contribution is 2.53. The van der Waals surface area contributed by atoms with E-state index in [1.165, 1.54) is 276 Å². The van der Waals surface area contributed by atoms with Crippen LogP contribution in [0.25, 0.3) is 0 Å². The van der Waals surface area contributed by atoms with E-state index in [1.807, 2.05) is 0 Å². The quantitative estimate of drug-likeness (QED) is 0.0719. The van der Waals surface area contributed by atoms with Crippen LogP contribution in [0.5, 0.6) is 0 Å². The minimum Gasteiger partial charge on any atom is -0.0654 e. The van der Waals surface area contributed by atoms with Gasteiger partial charge in [0, 0.05) is 0 Å². The maximum atomic E-state index is 2.40. The van der Waals surface area contributed by atoms with E-state index in [0.717, 1.165) is 88.8 Å². The van der Waals surface area contributed by atoms with Crippen molar-refractivity contribution >= 4 is 0 Å². The van der Waals surface area contributed by atoms with E-state index in [4.69, 9.17) is 0 Å². The van der Waals surface area contributed by atoms with Crippen LogP contribution >= 0.6 is 0 Å². The summed E-state index contributed by atoms with van der Waals surface area (Å²) in [5.41, 5.74) is 2.27. The Morgan fingerprint density at radius 3 is 0.733 bits per heavy atom. The molecule has 0 N–H and O–H groups in total. The van der Waals surface area contributed by atoms with Gasteiger partial charge in [-0.05, 0) is 149 Å². The fourth-order valence-electron chi connectivity index (χ4n) is 13.6. The second-order valence-corrected chi connectivity index (χ2v) is 41.1. The Morgan fingerprint density at radius 1 is 0.314 bits per heavy atom. The highest BCUT2D eigenvalue weighted by atomic mass is 14.5. The SMILES string of the molecule is CC(C)C1CCC1.CC1C(C)(C)CCC1(C)C.CC1CC(C)C(C)C1.CC1CCCCC1.CCC(C)CC.CCC(CC)CC.CCCC(C)(C)C.CCCC(C)(C)C.CCCC(C)C.CCCC(C)C.CCCC1CC1.CCCCC(C)C.CCCCC(C)C.CCCCCCC.CCC[C@H](C)CC. The van der Waals surface area contributed by atoms with Crippen LogP contribution in [0.4, 0.5) is 0 Å². The van der Waals surface area contributed by atoms with Crippen molar-refractivity contribution in [3.8, 4) is 0 Å². The van der Waals surface area contributed by atoms with Crippen molar-refractivity contribution in [3.63, 3.8) is 0 Å². The van der Waals surface area contributed by atoms with E-state index >= 15 is 0 Å². The summed E-state index contributed by atoms with van der Waals surface area (Å²) in [4.78, 5) is 0. The Kier molecular flexibility index (Phi) is 105. The molecule has 0 aromatic carbocycles. The first-order valence-electron chi connectivity index (χ1n) is 48.8. The summed E-state index contributed by atoms with van der Waals surface area (Å²) in [6.07, 6.45) is 60.4. The van der Waals surface area contributed by atoms with Crippen molar-refractivity contribution in [1.29, 1.82) is 0 Å². The summed E-state index contributed by atoms with van der Waals surface area (Å²) < 4.78 is 0.